The van der Waals surface area contributed by atoms with E-state index in [0.717, 1.165) is 12.2 Å². The Morgan fingerprint density at radius 2 is 1.90 bits per heavy atom. The summed E-state index contributed by atoms with van der Waals surface area (Å²) in [6, 6.07) is 12.3. The Morgan fingerprint density at radius 1 is 1.15 bits per heavy atom. The van der Waals surface area contributed by atoms with Crippen LogP contribution in [0.15, 0.2) is 48.8 Å². The molecule has 0 spiro atoms. The molecule has 1 aromatic heterocycles. The average molecular weight is 270 g/mol. The maximum Gasteiger partial charge on any atom is 0.137 e. The van der Waals surface area contributed by atoms with Crippen molar-refractivity contribution in [3.8, 4) is 5.75 Å². The Labute approximate surface area is 120 Å². The summed E-state index contributed by atoms with van der Waals surface area (Å²) in [5.74, 6) is 1.24. The second-order valence-electron chi connectivity index (χ2n) is 5.37. The molecular weight excluding hydrogens is 248 g/mol. The quantitative estimate of drug-likeness (QED) is 0.877. The summed E-state index contributed by atoms with van der Waals surface area (Å²) in [5.41, 5.74) is 8.52. The van der Waals surface area contributed by atoms with Crippen LogP contribution in [0.1, 0.15) is 30.9 Å². The second kappa shape index (κ2) is 7.06. The first-order chi connectivity index (χ1) is 9.65. The fraction of sp³-hybridized carbons (Fsp3) is 0.353. The highest BCUT2D eigenvalue weighted by Gasteiger charge is 2.07. The number of nitrogens with zero attached hydrogens (tertiary/aromatic N) is 1. The minimum atomic E-state index is -0.0138. The van der Waals surface area contributed by atoms with Crippen molar-refractivity contribution in [1.82, 2.24) is 4.98 Å². The molecule has 2 N–H and O–H groups in total. The fourth-order valence-corrected chi connectivity index (χ4v) is 2.01. The Morgan fingerprint density at radius 3 is 2.60 bits per heavy atom. The fourth-order valence-electron chi connectivity index (χ4n) is 2.01. The van der Waals surface area contributed by atoms with Crippen LogP contribution in [-0.2, 0) is 6.42 Å². The van der Waals surface area contributed by atoms with Crippen molar-refractivity contribution in [2.45, 2.75) is 32.2 Å². The predicted molar refractivity (Wildman–Crippen MR) is 81.9 cm³/mol. The van der Waals surface area contributed by atoms with E-state index in [9.17, 15) is 0 Å². The first-order valence-corrected chi connectivity index (χ1v) is 7.02. The van der Waals surface area contributed by atoms with Gasteiger partial charge >= 0.3 is 0 Å². The highest BCUT2D eigenvalue weighted by molar-refractivity contribution is 5.25. The maximum absolute atomic E-state index is 6.11. The maximum atomic E-state index is 6.11. The van der Waals surface area contributed by atoms with Gasteiger partial charge in [0.05, 0.1) is 6.20 Å². The lowest BCUT2D eigenvalue weighted by Gasteiger charge is -2.14. The Hall–Kier alpha value is -1.87. The van der Waals surface area contributed by atoms with Crippen LogP contribution >= 0.6 is 0 Å². The van der Waals surface area contributed by atoms with E-state index in [-0.39, 0.29) is 6.04 Å². The van der Waals surface area contributed by atoms with Crippen molar-refractivity contribution in [2.24, 2.45) is 5.73 Å². The van der Waals surface area contributed by atoms with E-state index in [1.165, 1.54) is 11.1 Å². The molecule has 3 nitrogen and oxygen atoms in total. The summed E-state index contributed by atoms with van der Waals surface area (Å²) in [7, 11) is 0. The molecule has 0 radical (unpaired) electrons. The third-order valence-electron chi connectivity index (χ3n) is 3.21. The van der Waals surface area contributed by atoms with Crippen molar-refractivity contribution in [1.29, 1.82) is 0 Å². The average Bonchev–Trinajstić information content (AvgIpc) is 2.46. The van der Waals surface area contributed by atoms with E-state index in [4.69, 9.17) is 10.5 Å². The molecular formula is C17H22N2O. The van der Waals surface area contributed by atoms with Crippen molar-refractivity contribution in [3.05, 3.63) is 59.9 Å². The Bertz CT molecular complexity index is 526. The van der Waals surface area contributed by atoms with E-state index < -0.39 is 0 Å². The van der Waals surface area contributed by atoms with Gasteiger partial charge in [0.15, 0.2) is 0 Å². The molecule has 106 valence electrons. The summed E-state index contributed by atoms with van der Waals surface area (Å²) in [6.07, 6.45) is 4.43. The molecule has 3 heteroatoms. The van der Waals surface area contributed by atoms with Crippen LogP contribution in [0.5, 0.6) is 5.75 Å². The van der Waals surface area contributed by atoms with Crippen molar-refractivity contribution in [2.75, 3.05) is 6.61 Å². The lowest BCUT2D eigenvalue weighted by molar-refractivity contribution is 0.286. The molecule has 1 heterocycles. The summed E-state index contributed by atoms with van der Waals surface area (Å²) < 4.78 is 5.74. The van der Waals surface area contributed by atoms with Gasteiger partial charge in [0.1, 0.15) is 12.4 Å². The van der Waals surface area contributed by atoms with Gasteiger partial charge < -0.3 is 10.5 Å². The van der Waals surface area contributed by atoms with E-state index >= 15 is 0 Å². The number of rotatable bonds is 6. The highest BCUT2D eigenvalue weighted by Crippen LogP contribution is 2.18. The number of hydrogen-bond acceptors (Lipinski definition) is 3. The van der Waals surface area contributed by atoms with Gasteiger partial charge in [0.25, 0.3) is 0 Å². The van der Waals surface area contributed by atoms with Gasteiger partial charge in [0, 0.05) is 12.2 Å². The monoisotopic (exact) mass is 270 g/mol. The first kappa shape index (κ1) is 14.5. The summed E-state index contributed by atoms with van der Waals surface area (Å²) >= 11 is 0. The normalized spacial score (nSPS) is 12.4. The lowest BCUT2D eigenvalue weighted by atomic mass is 10.1. The Kier molecular flexibility index (Phi) is 5.13. The Balaban J connectivity index is 1.87. The van der Waals surface area contributed by atoms with Gasteiger partial charge in [-0.25, -0.2) is 0 Å². The molecule has 2 aromatic rings. The van der Waals surface area contributed by atoms with Crippen molar-refractivity contribution >= 4 is 0 Å². The molecule has 0 bridgehead atoms. The molecule has 0 saturated heterocycles. The van der Waals surface area contributed by atoms with Gasteiger partial charge in [-0.2, -0.15) is 0 Å². The van der Waals surface area contributed by atoms with E-state index in [2.05, 4.69) is 31.0 Å². The van der Waals surface area contributed by atoms with Crippen LogP contribution in [0.3, 0.4) is 0 Å². The van der Waals surface area contributed by atoms with Gasteiger partial charge in [0.2, 0.25) is 0 Å². The zero-order chi connectivity index (χ0) is 14.4. The molecule has 0 aliphatic carbocycles. The molecule has 0 saturated carbocycles. The van der Waals surface area contributed by atoms with Crippen LogP contribution in [0, 0.1) is 0 Å². The highest BCUT2D eigenvalue weighted by atomic mass is 16.5. The summed E-state index contributed by atoms with van der Waals surface area (Å²) in [6.45, 7) is 4.78. The van der Waals surface area contributed by atoms with Gasteiger partial charge in [-0.05, 0) is 29.5 Å². The number of aromatic nitrogens is 1. The topological polar surface area (TPSA) is 48.1 Å². The van der Waals surface area contributed by atoms with Gasteiger partial charge in [-0.1, -0.05) is 44.2 Å². The molecule has 0 aliphatic heterocycles. The van der Waals surface area contributed by atoms with Crippen LogP contribution in [0.25, 0.3) is 0 Å². The minimum absolute atomic E-state index is 0.0138. The first-order valence-electron chi connectivity index (χ1n) is 7.02. The number of ether oxygens (including phenoxy) is 1. The molecule has 0 aliphatic rings. The van der Waals surface area contributed by atoms with Crippen LogP contribution in [0.2, 0.25) is 0 Å². The molecule has 2 rings (SSSR count). The zero-order valence-electron chi connectivity index (χ0n) is 12.1. The second-order valence-corrected chi connectivity index (χ2v) is 5.37. The van der Waals surface area contributed by atoms with Gasteiger partial charge in [-0.3, -0.25) is 4.98 Å². The lowest BCUT2D eigenvalue weighted by Crippen LogP contribution is -2.30. The largest absolute Gasteiger partial charge is 0.490 e. The number of benzene rings is 1. The van der Waals surface area contributed by atoms with Gasteiger partial charge in [-0.15, -0.1) is 0 Å². The summed E-state index contributed by atoms with van der Waals surface area (Å²) in [4.78, 5) is 4.20. The molecule has 1 atom stereocenters. The SMILES string of the molecule is CC(C)c1cncc(OC[C@H](N)Cc2ccccc2)c1. The van der Waals surface area contributed by atoms with E-state index in [1.54, 1.807) is 6.20 Å². The molecule has 0 amide bonds. The molecule has 20 heavy (non-hydrogen) atoms. The number of nitrogens with two attached hydrogens (primary N) is 1. The third kappa shape index (κ3) is 4.35. The standard InChI is InChI=1S/C17H22N2O/c1-13(2)15-9-17(11-19-10-15)20-12-16(18)8-14-6-4-3-5-7-14/h3-7,9-11,13,16H,8,12,18H2,1-2H3/t16-/m1/s1. The zero-order valence-corrected chi connectivity index (χ0v) is 12.1. The third-order valence-corrected chi connectivity index (χ3v) is 3.21. The smallest absolute Gasteiger partial charge is 0.137 e. The number of pyridine rings is 1. The minimum Gasteiger partial charge on any atom is -0.490 e. The predicted octanol–water partition coefficient (Wildman–Crippen LogP) is 3.15. The molecule has 1 aromatic carbocycles. The van der Waals surface area contributed by atoms with E-state index in [1.807, 2.05) is 30.5 Å². The van der Waals surface area contributed by atoms with E-state index in [0.29, 0.717) is 12.5 Å². The van der Waals surface area contributed by atoms with Crippen LogP contribution in [0.4, 0.5) is 0 Å². The van der Waals surface area contributed by atoms with Crippen molar-refractivity contribution in [3.63, 3.8) is 0 Å². The van der Waals surface area contributed by atoms with Crippen LogP contribution in [-0.4, -0.2) is 17.6 Å². The van der Waals surface area contributed by atoms with Crippen LogP contribution < -0.4 is 10.5 Å². The molecule has 0 unspecified atom stereocenters. The van der Waals surface area contributed by atoms with Crippen molar-refractivity contribution < 1.29 is 4.74 Å². The summed E-state index contributed by atoms with van der Waals surface area (Å²) in [5, 5.41) is 0. The molecule has 0 fully saturated rings. The number of hydrogen-bond donors (Lipinski definition) is 1.